The van der Waals surface area contributed by atoms with E-state index in [1.807, 2.05) is 26.8 Å². The van der Waals surface area contributed by atoms with E-state index in [4.69, 9.17) is 0 Å². The summed E-state index contributed by atoms with van der Waals surface area (Å²) < 4.78 is 36.9. The predicted octanol–water partition coefficient (Wildman–Crippen LogP) is 3.19. The van der Waals surface area contributed by atoms with Crippen molar-refractivity contribution in [2.75, 3.05) is 18.1 Å². The molecule has 26 heavy (non-hydrogen) atoms. The van der Waals surface area contributed by atoms with E-state index in [2.05, 4.69) is 15.6 Å². The van der Waals surface area contributed by atoms with E-state index in [-0.39, 0.29) is 59.3 Å². The number of benzene rings is 1. The van der Waals surface area contributed by atoms with E-state index in [9.17, 15) is 12.8 Å². The molecule has 148 valence electrons. The molecule has 0 bridgehead atoms. The molecule has 2 atom stereocenters. The summed E-state index contributed by atoms with van der Waals surface area (Å²) in [5.74, 6) is 0.935. The van der Waals surface area contributed by atoms with E-state index in [0.29, 0.717) is 24.5 Å². The molecular weight excluding hydrogens is 468 g/mol. The lowest BCUT2D eigenvalue weighted by molar-refractivity contribution is 0.582. The molecule has 1 fully saturated rings. The van der Waals surface area contributed by atoms with Gasteiger partial charge in [0.1, 0.15) is 5.82 Å². The van der Waals surface area contributed by atoms with Crippen molar-refractivity contribution in [1.29, 1.82) is 0 Å². The zero-order valence-corrected chi connectivity index (χ0v) is 18.9. The van der Waals surface area contributed by atoms with Gasteiger partial charge in [0.15, 0.2) is 15.8 Å². The summed E-state index contributed by atoms with van der Waals surface area (Å²) in [5, 5.41) is 6.53. The minimum atomic E-state index is -2.89. The Morgan fingerprint density at radius 2 is 2.00 bits per heavy atom. The first-order chi connectivity index (χ1) is 11.7. The number of halogens is 2. The monoisotopic (exact) mass is 497 g/mol. The summed E-state index contributed by atoms with van der Waals surface area (Å²) in [4.78, 5) is 4.55. The first-order valence-electron chi connectivity index (χ1n) is 8.70. The van der Waals surface area contributed by atoms with Gasteiger partial charge in [0, 0.05) is 12.6 Å². The van der Waals surface area contributed by atoms with Crippen molar-refractivity contribution in [3.05, 3.63) is 35.1 Å². The third-order valence-corrected chi connectivity index (χ3v) is 6.15. The number of aliphatic imine (C=N–C) groups is 1. The number of hydrogen-bond donors (Lipinski definition) is 2. The van der Waals surface area contributed by atoms with Crippen LogP contribution in [0.25, 0.3) is 0 Å². The van der Waals surface area contributed by atoms with Gasteiger partial charge in [-0.2, -0.15) is 0 Å². The fourth-order valence-corrected chi connectivity index (χ4v) is 4.66. The average Bonchev–Trinajstić information content (AvgIpc) is 2.86. The van der Waals surface area contributed by atoms with Gasteiger partial charge in [-0.1, -0.05) is 12.1 Å². The highest BCUT2D eigenvalue weighted by Crippen LogP contribution is 2.19. The van der Waals surface area contributed by atoms with Crippen LogP contribution in [0.15, 0.2) is 23.2 Å². The Morgan fingerprint density at radius 1 is 1.31 bits per heavy atom. The summed E-state index contributed by atoms with van der Waals surface area (Å²) in [7, 11) is -2.89. The van der Waals surface area contributed by atoms with Gasteiger partial charge < -0.3 is 10.6 Å². The van der Waals surface area contributed by atoms with E-state index >= 15 is 0 Å². The van der Waals surface area contributed by atoms with Crippen LogP contribution in [0.2, 0.25) is 0 Å². The Bertz CT molecular complexity index is 738. The Kier molecular flexibility index (Phi) is 8.78. The molecule has 5 nitrogen and oxygen atoms in total. The van der Waals surface area contributed by atoms with E-state index in [0.717, 1.165) is 5.56 Å². The molecule has 0 radical (unpaired) electrons. The van der Waals surface area contributed by atoms with Crippen LogP contribution in [0.4, 0.5) is 4.39 Å². The predicted molar refractivity (Wildman–Crippen MR) is 115 cm³/mol. The van der Waals surface area contributed by atoms with Crippen molar-refractivity contribution in [1.82, 2.24) is 10.6 Å². The standard InChI is InChI=1S/C18H28FN3O2S.HI/c1-12(2)21-18(20-10-15-7-8-25(23,24)11-15)22-14(4)16-6-5-13(3)17(19)9-16;/h5-6,9,12,14-15H,7-8,10-11H2,1-4H3,(H2,20,21,22);1H. The molecule has 0 aromatic heterocycles. The van der Waals surface area contributed by atoms with E-state index in [1.54, 1.807) is 13.0 Å². The van der Waals surface area contributed by atoms with Gasteiger partial charge in [0.05, 0.1) is 17.5 Å². The number of hydrogen-bond acceptors (Lipinski definition) is 3. The van der Waals surface area contributed by atoms with Gasteiger partial charge >= 0.3 is 0 Å². The summed E-state index contributed by atoms with van der Waals surface area (Å²) in [6.07, 6.45) is 0.666. The lowest BCUT2D eigenvalue weighted by atomic mass is 10.1. The molecule has 2 N–H and O–H groups in total. The number of nitrogens with one attached hydrogen (secondary N) is 2. The van der Waals surface area contributed by atoms with Crippen LogP contribution < -0.4 is 10.6 Å². The van der Waals surface area contributed by atoms with Crippen LogP contribution >= 0.6 is 24.0 Å². The fraction of sp³-hybridized carbons (Fsp3) is 0.611. The zero-order valence-electron chi connectivity index (χ0n) is 15.8. The molecule has 8 heteroatoms. The highest BCUT2D eigenvalue weighted by atomic mass is 127. The maximum Gasteiger partial charge on any atom is 0.191 e. The number of rotatable bonds is 5. The van der Waals surface area contributed by atoms with E-state index < -0.39 is 9.84 Å². The zero-order chi connectivity index (χ0) is 18.6. The highest BCUT2D eigenvalue weighted by Gasteiger charge is 2.27. The summed E-state index contributed by atoms with van der Waals surface area (Å²) in [5.41, 5.74) is 1.46. The molecule has 1 aliphatic rings. The molecule has 1 saturated heterocycles. The first kappa shape index (κ1) is 23.1. The summed E-state index contributed by atoms with van der Waals surface area (Å²) >= 11 is 0. The van der Waals surface area contributed by atoms with Crippen LogP contribution in [0.3, 0.4) is 0 Å². The highest BCUT2D eigenvalue weighted by molar-refractivity contribution is 14.0. The third kappa shape index (κ3) is 7.02. The molecule has 1 aliphatic heterocycles. The molecule has 0 aliphatic carbocycles. The smallest absolute Gasteiger partial charge is 0.191 e. The molecule has 1 heterocycles. The molecule has 2 unspecified atom stereocenters. The van der Waals surface area contributed by atoms with Crippen LogP contribution in [0, 0.1) is 18.7 Å². The van der Waals surface area contributed by atoms with E-state index in [1.165, 1.54) is 6.07 Å². The topological polar surface area (TPSA) is 70.6 Å². The van der Waals surface area contributed by atoms with Crippen molar-refractivity contribution in [2.24, 2.45) is 10.9 Å². The first-order valence-corrected chi connectivity index (χ1v) is 10.5. The van der Waals surface area contributed by atoms with Crippen molar-refractivity contribution >= 4 is 39.8 Å². The summed E-state index contributed by atoms with van der Waals surface area (Å²) in [6, 6.07) is 5.25. The molecule has 0 spiro atoms. The fourth-order valence-electron chi connectivity index (χ4n) is 2.81. The Balaban J connectivity index is 0.00000338. The van der Waals surface area contributed by atoms with Gasteiger partial charge in [0.25, 0.3) is 0 Å². The molecule has 0 amide bonds. The Morgan fingerprint density at radius 3 is 2.54 bits per heavy atom. The van der Waals surface area contributed by atoms with Gasteiger partial charge in [-0.15, -0.1) is 24.0 Å². The minimum absolute atomic E-state index is 0. The average molecular weight is 497 g/mol. The van der Waals surface area contributed by atoms with Crippen molar-refractivity contribution < 1.29 is 12.8 Å². The SMILES string of the molecule is Cc1ccc(C(C)NC(=NCC2CCS(=O)(=O)C2)NC(C)C)cc1F.I. The van der Waals surface area contributed by atoms with Crippen molar-refractivity contribution in [2.45, 2.75) is 46.2 Å². The number of guanidine groups is 1. The van der Waals surface area contributed by atoms with Crippen molar-refractivity contribution in [3.63, 3.8) is 0 Å². The molecule has 1 aromatic rings. The number of sulfone groups is 1. The second-order valence-corrected chi connectivity index (χ2v) is 9.36. The molecule has 1 aromatic carbocycles. The van der Waals surface area contributed by atoms with Gasteiger partial charge in [-0.05, 0) is 57.2 Å². The Labute approximate surface area is 173 Å². The van der Waals surface area contributed by atoms with Crippen LogP contribution in [0.5, 0.6) is 0 Å². The third-order valence-electron chi connectivity index (χ3n) is 4.31. The van der Waals surface area contributed by atoms with Gasteiger partial charge in [-0.25, -0.2) is 12.8 Å². The second kappa shape index (κ2) is 9.87. The van der Waals surface area contributed by atoms with Gasteiger partial charge in [-0.3, -0.25) is 4.99 Å². The normalized spacial score (nSPS) is 20.5. The number of nitrogens with zero attached hydrogens (tertiary/aromatic N) is 1. The molecule has 0 saturated carbocycles. The van der Waals surface area contributed by atoms with Gasteiger partial charge in [0.2, 0.25) is 0 Å². The van der Waals surface area contributed by atoms with Crippen LogP contribution in [0.1, 0.15) is 44.4 Å². The van der Waals surface area contributed by atoms with Crippen LogP contribution in [-0.2, 0) is 9.84 Å². The number of aryl methyl sites for hydroxylation is 1. The maximum atomic E-state index is 13.8. The largest absolute Gasteiger partial charge is 0.354 e. The summed E-state index contributed by atoms with van der Waals surface area (Å²) in [6.45, 7) is 8.17. The van der Waals surface area contributed by atoms with Crippen LogP contribution in [-0.4, -0.2) is 38.5 Å². The molecular formula is C18H29FIN3O2S. The Hall–Kier alpha value is -0.900. The lowest BCUT2D eigenvalue weighted by Gasteiger charge is -2.21. The van der Waals surface area contributed by atoms with Crippen molar-refractivity contribution in [3.8, 4) is 0 Å². The second-order valence-electron chi connectivity index (χ2n) is 7.13. The minimum Gasteiger partial charge on any atom is -0.354 e. The quantitative estimate of drug-likeness (QED) is 0.373. The maximum absolute atomic E-state index is 13.8. The lowest BCUT2D eigenvalue weighted by Crippen LogP contribution is -2.42. The molecule has 2 rings (SSSR count).